The van der Waals surface area contributed by atoms with Crippen LogP contribution in [0.15, 0.2) is 39.7 Å². The lowest BCUT2D eigenvalue weighted by atomic mass is 10.2. The Morgan fingerprint density at radius 2 is 1.73 bits per heavy atom. The predicted octanol–water partition coefficient (Wildman–Crippen LogP) is 3.02. The minimum Gasteiger partial charge on any atom is -0.493 e. The highest BCUT2D eigenvalue weighted by molar-refractivity contribution is 9.10. The lowest BCUT2D eigenvalue weighted by Gasteiger charge is -2.19. The van der Waals surface area contributed by atoms with Crippen molar-refractivity contribution in [2.45, 2.75) is 11.4 Å². The van der Waals surface area contributed by atoms with Gasteiger partial charge in [-0.25, -0.2) is 8.42 Å². The first kappa shape index (κ1) is 18.8. The van der Waals surface area contributed by atoms with Crippen molar-refractivity contribution in [3.63, 3.8) is 0 Å². The molecule has 2 aromatic carbocycles. The first-order valence-corrected chi connectivity index (χ1v) is 9.86. The molecule has 140 valence electrons. The zero-order valence-electron chi connectivity index (χ0n) is 14.5. The summed E-state index contributed by atoms with van der Waals surface area (Å²) in [5.74, 6) is 2.05. The van der Waals surface area contributed by atoms with Gasteiger partial charge in [-0.05, 0) is 39.7 Å². The highest BCUT2D eigenvalue weighted by Gasteiger charge is 2.26. The van der Waals surface area contributed by atoms with E-state index in [0.717, 1.165) is 5.56 Å². The summed E-state index contributed by atoms with van der Waals surface area (Å²) in [4.78, 5) is 0.0957. The van der Waals surface area contributed by atoms with Gasteiger partial charge in [-0.15, -0.1) is 0 Å². The van der Waals surface area contributed by atoms with Gasteiger partial charge in [-0.3, -0.25) is 0 Å². The van der Waals surface area contributed by atoms with Crippen LogP contribution in [0, 0.1) is 0 Å². The Morgan fingerprint density at radius 3 is 2.42 bits per heavy atom. The number of benzene rings is 2. The van der Waals surface area contributed by atoms with Crippen LogP contribution < -0.4 is 18.9 Å². The number of ether oxygens (including phenoxy) is 4. The third-order valence-electron chi connectivity index (χ3n) is 3.97. The van der Waals surface area contributed by atoms with Gasteiger partial charge in [0.15, 0.2) is 23.0 Å². The van der Waals surface area contributed by atoms with Gasteiger partial charge in [0, 0.05) is 24.1 Å². The number of rotatable bonds is 6. The van der Waals surface area contributed by atoms with Gasteiger partial charge in [0.25, 0.3) is 0 Å². The summed E-state index contributed by atoms with van der Waals surface area (Å²) in [7, 11) is 0.703. The van der Waals surface area contributed by atoms with Crippen LogP contribution in [0.1, 0.15) is 5.56 Å². The number of hydrogen-bond acceptors (Lipinski definition) is 6. The number of fused-ring (bicyclic) bond motifs is 1. The van der Waals surface area contributed by atoms with Crippen molar-refractivity contribution in [3.05, 3.63) is 40.4 Å². The summed E-state index contributed by atoms with van der Waals surface area (Å²) < 4.78 is 48.7. The molecule has 26 heavy (non-hydrogen) atoms. The summed E-state index contributed by atoms with van der Waals surface area (Å²) in [6, 6.07) is 8.36. The smallest absolute Gasteiger partial charge is 0.244 e. The van der Waals surface area contributed by atoms with E-state index in [0.29, 0.717) is 27.5 Å². The van der Waals surface area contributed by atoms with Gasteiger partial charge < -0.3 is 18.9 Å². The van der Waals surface area contributed by atoms with E-state index >= 15 is 0 Å². The summed E-state index contributed by atoms with van der Waals surface area (Å²) in [6.45, 7) is 0.352. The molecule has 0 fully saturated rings. The fourth-order valence-electron chi connectivity index (χ4n) is 2.58. The molecule has 0 saturated heterocycles. The lowest BCUT2D eigenvalue weighted by molar-refractivity contribution is 0.174. The van der Waals surface area contributed by atoms with E-state index in [-0.39, 0.29) is 18.2 Å². The molecule has 1 aliphatic heterocycles. The number of hydrogen-bond donors (Lipinski definition) is 0. The van der Waals surface area contributed by atoms with Crippen LogP contribution in [0.5, 0.6) is 23.0 Å². The van der Waals surface area contributed by atoms with E-state index in [9.17, 15) is 8.42 Å². The van der Waals surface area contributed by atoms with E-state index in [4.69, 9.17) is 18.9 Å². The van der Waals surface area contributed by atoms with Crippen LogP contribution in [0.4, 0.5) is 0 Å². The maximum atomic E-state index is 13.0. The minimum absolute atomic E-state index is 0.0957. The molecule has 0 bridgehead atoms. The minimum atomic E-state index is -3.76. The molecule has 0 atom stereocenters. The molecule has 0 N–H and O–H groups in total. The average molecular weight is 444 g/mol. The molecule has 1 aliphatic rings. The zero-order chi connectivity index (χ0) is 18.9. The molecule has 9 heteroatoms. The molecule has 0 spiro atoms. The first-order valence-electron chi connectivity index (χ1n) is 7.63. The highest BCUT2D eigenvalue weighted by Crippen LogP contribution is 2.37. The van der Waals surface area contributed by atoms with Crippen LogP contribution in [-0.4, -0.2) is 40.8 Å². The van der Waals surface area contributed by atoms with Crippen molar-refractivity contribution >= 4 is 26.0 Å². The lowest BCUT2D eigenvalue weighted by Crippen LogP contribution is -2.26. The maximum Gasteiger partial charge on any atom is 0.244 e. The third-order valence-corrected chi connectivity index (χ3v) is 6.73. The zero-order valence-corrected chi connectivity index (χ0v) is 16.9. The molecule has 0 amide bonds. The standard InChI is InChI=1S/C17H18BrNO6S/c1-19(9-11-4-5-13-16(6-11)25-10-24-13)26(20,21)17-8-15(23-3)14(22-2)7-12(17)18/h4-8H,9-10H2,1-3H3. The Balaban J connectivity index is 1.90. The molecule has 0 aromatic heterocycles. The van der Waals surface area contributed by atoms with E-state index in [2.05, 4.69) is 15.9 Å². The molecule has 2 aromatic rings. The quantitative estimate of drug-likeness (QED) is 0.682. The summed E-state index contributed by atoms with van der Waals surface area (Å²) in [5, 5.41) is 0. The number of methoxy groups -OCH3 is 2. The van der Waals surface area contributed by atoms with E-state index in [1.165, 1.54) is 31.6 Å². The first-order chi connectivity index (χ1) is 12.4. The van der Waals surface area contributed by atoms with Crippen LogP contribution >= 0.6 is 15.9 Å². The molecular formula is C17H18BrNO6S. The van der Waals surface area contributed by atoms with Gasteiger partial charge in [0.2, 0.25) is 16.8 Å². The topological polar surface area (TPSA) is 74.3 Å². The molecular weight excluding hydrogens is 426 g/mol. The van der Waals surface area contributed by atoms with Gasteiger partial charge in [0.05, 0.1) is 14.2 Å². The van der Waals surface area contributed by atoms with Crippen LogP contribution in [0.3, 0.4) is 0 Å². The van der Waals surface area contributed by atoms with Crippen LogP contribution in [0.25, 0.3) is 0 Å². The fourth-order valence-corrected chi connectivity index (χ4v) is 4.73. The molecule has 1 heterocycles. The van der Waals surface area contributed by atoms with Crippen LogP contribution in [-0.2, 0) is 16.6 Å². The molecule has 0 radical (unpaired) electrons. The number of sulfonamides is 1. The second kappa shape index (κ2) is 7.34. The molecule has 3 rings (SSSR count). The second-order valence-electron chi connectivity index (χ2n) is 5.59. The van der Waals surface area contributed by atoms with Crippen molar-refractivity contribution < 1.29 is 27.4 Å². The van der Waals surface area contributed by atoms with Gasteiger partial charge >= 0.3 is 0 Å². The summed E-state index contributed by atoms with van der Waals surface area (Å²) >= 11 is 3.30. The molecule has 7 nitrogen and oxygen atoms in total. The monoisotopic (exact) mass is 443 g/mol. The summed E-state index contributed by atoms with van der Waals surface area (Å²) in [5.41, 5.74) is 0.789. The normalized spacial score (nSPS) is 13.1. The van der Waals surface area contributed by atoms with Crippen molar-refractivity contribution in [1.82, 2.24) is 4.31 Å². The molecule has 0 unspecified atom stereocenters. The van der Waals surface area contributed by atoms with E-state index in [1.54, 1.807) is 18.2 Å². The van der Waals surface area contributed by atoms with Crippen molar-refractivity contribution in [2.24, 2.45) is 0 Å². The SMILES string of the molecule is COc1cc(Br)c(S(=O)(=O)N(C)Cc2ccc3c(c2)OCO3)cc1OC. The van der Waals surface area contributed by atoms with Crippen molar-refractivity contribution in [1.29, 1.82) is 0 Å². The maximum absolute atomic E-state index is 13.0. The number of nitrogens with zero attached hydrogens (tertiary/aromatic N) is 1. The molecule has 0 saturated carbocycles. The Labute approximate surface area is 160 Å². The third kappa shape index (κ3) is 3.46. The second-order valence-corrected chi connectivity index (χ2v) is 8.45. The van der Waals surface area contributed by atoms with Gasteiger partial charge in [0.1, 0.15) is 4.90 Å². The highest BCUT2D eigenvalue weighted by atomic mass is 79.9. The largest absolute Gasteiger partial charge is 0.493 e. The van der Waals surface area contributed by atoms with Gasteiger partial charge in [-0.2, -0.15) is 4.31 Å². The number of halogens is 1. The van der Waals surface area contributed by atoms with Crippen LogP contribution in [0.2, 0.25) is 0 Å². The van der Waals surface area contributed by atoms with Gasteiger partial charge in [-0.1, -0.05) is 6.07 Å². The Bertz CT molecular complexity index is 931. The van der Waals surface area contributed by atoms with E-state index in [1.807, 2.05) is 6.07 Å². The average Bonchev–Trinajstić information content (AvgIpc) is 3.08. The predicted molar refractivity (Wildman–Crippen MR) is 98.5 cm³/mol. The Hall–Kier alpha value is -1.97. The van der Waals surface area contributed by atoms with E-state index < -0.39 is 10.0 Å². The van der Waals surface area contributed by atoms with Crippen molar-refractivity contribution in [3.8, 4) is 23.0 Å². The Kier molecular flexibility index (Phi) is 5.31. The fraction of sp³-hybridized carbons (Fsp3) is 0.294. The summed E-state index contributed by atoms with van der Waals surface area (Å²) in [6.07, 6.45) is 0. The Morgan fingerprint density at radius 1 is 1.08 bits per heavy atom. The molecule has 0 aliphatic carbocycles. The van der Waals surface area contributed by atoms with Crippen molar-refractivity contribution in [2.75, 3.05) is 28.1 Å².